The van der Waals surface area contributed by atoms with Gasteiger partial charge in [-0.2, -0.15) is 0 Å². The van der Waals surface area contributed by atoms with Crippen LogP contribution in [0.5, 0.6) is 0 Å². The first-order valence-corrected chi connectivity index (χ1v) is 10.7. The zero-order valence-corrected chi connectivity index (χ0v) is 16.4. The van der Waals surface area contributed by atoms with E-state index in [-0.39, 0.29) is 35.8 Å². The van der Waals surface area contributed by atoms with Crippen LogP contribution >= 0.6 is 0 Å². The van der Waals surface area contributed by atoms with Gasteiger partial charge < -0.3 is 10.2 Å². The predicted octanol–water partition coefficient (Wildman–Crippen LogP) is 2.49. The summed E-state index contributed by atoms with van der Waals surface area (Å²) in [5, 5.41) is 3.17. The molecule has 0 aliphatic carbocycles. The first-order valence-electron chi connectivity index (χ1n) is 10.7. The topological polar surface area (TPSA) is 52.7 Å². The van der Waals surface area contributed by atoms with Gasteiger partial charge in [0.1, 0.15) is 5.82 Å². The molecule has 0 aromatic heterocycles. The highest BCUT2D eigenvalue weighted by Crippen LogP contribution is 2.32. The highest BCUT2D eigenvalue weighted by Gasteiger charge is 2.44. The number of amides is 2. The number of fused-ring (bicyclic) bond motifs is 1. The third-order valence-corrected chi connectivity index (χ3v) is 6.45. The molecule has 28 heavy (non-hydrogen) atoms. The van der Waals surface area contributed by atoms with E-state index in [0.717, 1.165) is 57.2 Å². The van der Waals surface area contributed by atoms with Gasteiger partial charge in [0.25, 0.3) is 0 Å². The molecule has 1 aromatic carbocycles. The lowest BCUT2D eigenvalue weighted by atomic mass is 9.97. The highest BCUT2D eigenvalue weighted by molar-refractivity contribution is 5.80. The van der Waals surface area contributed by atoms with Gasteiger partial charge in [0.2, 0.25) is 11.8 Å². The van der Waals surface area contributed by atoms with Crippen LogP contribution in [0, 0.1) is 5.82 Å². The van der Waals surface area contributed by atoms with E-state index in [1.165, 1.54) is 6.07 Å². The van der Waals surface area contributed by atoms with Crippen LogP contribution in [-0.2, 0) is 16.0 Å². The highest BCUT2D eigenvalue weighted by atomic mass is 19.1. The zero-order valence-electron chi connectivity index (χ0n) is 16.4. The van der Waals surface area contributed by atoms with Gasteiger partial charge in [0, 0.05) is 12.5 Å². The Morgan fingerprint density at radius 1 is 1.18 bits per heavy atom. The van der Waals surface area contributed by atoms with Crippen molar-refractivity contribution in [2.24, 2.45) is 0 Å². The molecule has 0 unspecified atom stereocenters. The Balaban J connectivity index is 1.55. The fourth-order valence-electron chi connectivity index (χ4n) is 5.16. The molecule has 6 heteroatoms. The van der Waals surface area contributed by atoms with Gasteiger partial charge in [-0.25, -0.2) is 4.39 Å². The second-order valence-electron chi connectivity index (χ2n) is 8.49. The molecule has 0 radical (unpaired) electrons. The SMILES string of the molecule is O=C1CCCC[C@@H]2[C@H](C[C@@H](Cc3cccc(F)c3)N2C(=O)CN2CCCC2)N1. The largest absolute Gasteiger partial charge is 0.351 e. The molecule has 2 amide bonds. The Bertz CT molecular complexity index is 719. The zero-order chi connectivity index (χ0) is 19.5. The molecule has 5 nitrogen and oxygen atoms in total. The van der Waals surface area contributed by atoms with Crippen molar-refractivity contribution in [3.05, 3.63) is 35.6 Å². The van der Waals surface area contributed by atoms with Crippen molar-refractivity contribution in [2.75, 3.05) is 19.6 Å². The van der Waals surface area contributed by atoms with Gasteiger partial charge in [0.15, 0.2) is 0 Å². The summed E-state index contributed by atoms with van der Waals surface area (Å²) in [5.74, 6) is 0.00318. The molecule has 152 valence electrons. The number of nitrogens with zero attached hydrogens (tertiary/aromatic N) is 2. The maximum Gasteiger partial charge on any atom is 0.237 e. The summed E-state index contributed by atoms with van der Waals surface area (Å²) in [6.45, 7) is 2.43. The molecule has 3 aliphatic heterocycles. The van der Waals surface area contributed by atoms with Crippen LogP contribution in [0.2, 0.25) is 0 Å². The molecule has 0 saturated carbocycles. The summed E-state index contributed by atoms with van der Waals surface area (Å²) in [7, 11) is 0. The van der Waals surface area contributed by atoms with Crippen LogP contribution in [0.1, 0.15) is 50.5 Å². The van der Waals surface area contributed by atoms with E-state index in [1.54, 1.807) is 12.1 Å². The van der Waals surface area contributed by atoms with E-state index >= 15 is 0 Å². The van der Waals surface area contributed by atoms with Crippen molar-refractivity contribution in [1.29, 1.82) is 0 Å². The standard InChI is InChI=1S/C22H30FN3O2/c23-17-7-5-6-16(12-17)13-18-14-19-20(8-1-2-9-21(27)24-19)26(18)22(28)15-25-10-3-4-11-25/h5-7,12,18-20H,1-4,8-11,13-15H2,(H,24,27)/t18-,19+,20-/m1/s1. The maximum absolute atomic E-state index is 13.7. The summed E-state index contributed by atoms with van der Waals surface area (Å²) in [6.07, 6.45) is 7.03. The fourth-order valence-corrected chi connectivity index (χ4v) is 5.16. The number of carbonyl (C=O) groups excluding carboxylic acids is 2. The molecule has 3 atom stereocenters. The minimum Gasteiger partial charge on any atom is -0.351 e. The van der Waals surface area contributed by atoms with Crippen molar-refractivity contribution < 1.29 is 14.0 Å². The van der Waals surface area contributed by atoms with E-state index in [1.807, 2.05) is 11.0 Å². The minimum absolute atomic E-state index is 0.00491. The monoisotopic (exact) mass is 387 g/mol. The van der Waals surface area contributed by atoms with Gasteiger partial charge in [-0.15, -0.1) is 0 Å². The molecule has 0 bridgehead atoms. The average molecular weight is 387 g/mol. The smallest absolute Gasteiger partial charge is 0.237 e. The second kappa shape index (κ2) is 8.60. The number of benzene rings is 1. The molecule has 3 saturated heterocycles. The van der Waals surface area contributed by atoms with Crippen LogP contribution < -0.4 is 5.32 Å². The molecule has 3 fully saturated rings. The normalized spacial score (nSPS) is 28.5. The van der Waals surface area contributed by atoms with E-state index in [2.05, 4.69) is 10.2 Å². The quantitative estimate of drug-likeness (QED) is 0.864. The van der Waals surface area contributed by atoms with Gasteiger partial charge in [0.05, 0.1) is 18.6 Å². The summed E-state index contributed by atoms with van der Waals surface area (Å²) in [5.41, 5.74) is 0.907. The van der Waals surface area contributed by atoms with Crippen molar-refractivity contribution >= 4 is 11.8 Å². The van der Waals surface area contributed by atoms with Gasteiger partial charge in [-0.3, -0.25) is 14.5 Å². The Morgan fingerprint density at radius 3 is 2.79 bits per heavy atom. The summed E-state index contributed by atoms with van der Waals surface area (Å²) < 4.78 is 13.7. The van der Waals surface area contributed by atoms with Crippen LogP contribution in [-0.4, -0.2) is 59.4 Å². The van der Waals surface area contributed by atoms with Crippen LogP contribution in [0.25, 0.3) is 0 Å². The Morgan fingerprint density at radius 2 is 2.00 bits per heavy atom. The molecular weight excluding hydrogens is 357 g/mol. The van der Waals surface area contributed by atoms with Crippen molar-refractivity contribution in [3.8, 4) is 0 Å². The lowest BCUT2D eigenvalue weighted by Crippen LogP contribution is -2.51. The molecule has 1 N–H and O–H groups in total. The summed E-state index contributed by atoms with van der Waals surface area (Å²) in [4.78, 5) is 29.7. The van der Waals surface area contributed by atoms with Gasteiger partial charge >= 0.3 is 0 Å². The number of hydrogen-bond donors (Lipinski definition) is 1. The first-order chi connectivity index (χ1) is 13.6. The number of rotatable bonds is 4. The van der Waals surface area contributed by atoms with Crippen LogP contribution in [0.4, 0.5) is 4.39 Å². The maximum atomic E-state index is 13.7. The molecular formula is C22H30FN3O2. The van der Waals surface area contributed by atoms with E-state index in [4.69, 9.17) is 0 Å². The molecule has 4 rings (SSSR count). The molecule has 1 aromatic rings. The van der Waals surface area contributed by atoms with Crippen LogP contribution in [0.15, 0.2) is 24.3 Å². The average Bonchev–Trinajstić information content (AvgIpc) is 3.25. The first kappa shape index (κ1) is 19.4. The van der Waals surface area contributed by atoms with Crippen LogP contribution in [0.3, 0.4) is 0 Å². The van der Waals surface area contributed by atoms with Crippen molar-refractivity contribution in [3.63, 3.8) is 0 Å². The fraction of sp³-hybridized carbons (Fsp3) is 0.636. The summed E-state index contributed by atoms with van der Waals surface area (Å²) >= 11 is 0. The number of carbonyl (C=O) groups is 2. The third-order valence-electron chi connectivity index (χ3n) is 6.45. The molecule has 3 heterocycles. The lowest BCUT2D eigenvalue weighted by molar-refractivity contribution is -0.136. The number of nitrogens with one attached hydrogen (secondary N) is 1. The Labute approximate surface area is 166 Å². The third kappa shape index (κ3) is 4.37. The predicted molar refractivity (Wildman–Crippen MR) is 105 cm³/mol. The van der Waals surface area contributed by atoms with Gasteiger partial charge in [-0.1, -0.05) is 18.6 Å². The number of likely N-dealkylation sites (tertiary alicyclic amines) is 2. The molecule has 0 spiro atoms. The second-order valence-corrected chi connectivity index (χ2v) is 8.49. The molecule has 3 aliphatic rings. The number of hydrogen-bond acceptors (Lipinski definition) is 3. The Kier molecular flexibility index (Phi) is 5.95. The van der Waals surface area contributed by atoms with Gasteiger partial charge in [-0.05, 0) is 69.3 Å². The Hall–Kier alpha value is -1.95. The van der Waals surface area contributed by atoms with Crippen molar-refractivity contribution in [2.45, 2.75) is 69.5 Å². The summed E-state index contributed by atoms with van der Waals surface area (Å²) in [6, 6.07) is 6.72. The number of halogens is 1. The lowest BCUT2D eigenvalue weighted by Gasteiger charge is -2.34. The van der Waals surface area contributed by atoms with E-state index in [9.17, 15) is 14.0 Å². The minimum atomic E-state index is -0.246. The van der Waals surface area contributed by atoms with E-state index in [0.29, 0.717) is 19.4 Å². The van der Waals surface area contributed by atoms with Crippen molar-refractivity contribution in [1.82, 2.24) is 15.1 Å². The van der Waals surface area contributed by atoms with E-state index < -0.39 is 0 Å².